The highest BCUT2D eigenvalue weighted by molar-refractivity contribution is 7.85. The van der Waals surface area contributed by atoms with E-state index in [1.807, 2.05) is 0 Å². The van der Waals surface area contributed by atoms with Gasteiger partial charge >= 0.3 is 6.09 Å². The molecule has 0 aromatic rings. The lowest BCUT2D eigenvalue weighted by molar-refractivity contribution is 0.0407. The van der Waals surface area contributed by atoms with Crippen LogP contribution in [0, 0.1) is 5.41 Å². The number of rotatable bonds is 9. The molecule has 0 aliphatic rings. The SMILES string of the molecule is CC(O[SH](=O)=O)C(C)(C)C[C@@H](COS(C)(=O)=O)NC(=O)OC(C)(C)C. The summed E-state index contributed by atoms with van der Waals surface area (Å²) in [7, 11) is -6.74. The van der Waals surface area contributed by atoms with Gasteiger partial charge in [-0.3, -0.25) is 8.37 Å². The molecule has 0 saturated heterocycles. The fraction of sp³-hybridized carbons (Fsp3) is 0.929. The van der Waals surface area contributed by atoms with E-state index in [0.717, 1.165) is 6.26 Å². The maximum Gasteiger partial charge on any atom is 0.407 e. The maximum absolute atomic E-state index is 12.0. The van der Waals surface area contributed by atoms with Crippen LogP contribution < -0.4 is 5.32 Å². The number of alkyl carbamates (subject to hydrolysis) is 1. The zero-order chi connectivity index (χ0) is 20.1. The van der Waals surface area contributed by atoms with Crippen LogP contribution in [0.25, 0.3) is 0 Å². The Morgan fingerprint density at radius 1 is 1.16 bits per heavy atom. The van der Waals surface area contributed by atoms with Crippen LogP contribution in [0.3, 0.4) is 0 Å². The van der Waals surface area contributed by atoms with Crippen LogP contribution in [0.1, 0.15) is 48.0 Å². The first-order valence-corrected chi connectivity index (χ1v) is 10.6. The third kappa shape index (κ3) is 12.1. The zero-order valence-electron chi connectivity index (χ0n) is 15.7. The molecule has 0 rings (SSSR count). The lowest BCUT2D eigenvalue weighted by Gasteiger charge is -2.34. The number of amides is 1. The smallest absolute Gasteiger partial charge is 0.407 e. The van der Waals surface area contributed by atoms with Crippen LogP contribution in [0.15, 0.2) is 0 Å². The molecule has 0 heterocycles. The van der Waals surface area contributed by atoms with Gasteiger partial charge in [-0.05, 0) is 39.5 Å². The number of ether oxygens (including phenoxy) is 1. The van der Waals surface area contributed by atoms with Crippen molar-refractivity contribution in [1.82, 2.24) is 5.32 Å². The number of thiol groups is 1. The van der Waals surface area contributed by atoms with E-state index in [1.54, 1.807) is 41.5 Å². The number of nitrogens with one attached hydrogen (secondary N) is 1. The van der Waals surface area contributed by atoms with Gasteiger partial charge in [0, 0.05) is 0 Å². The number of carbonyl (C=O) groups is 1. The number of hydrogen-bond donors (Lipinski definition) is 2. The minimum absolute atomic E-state index is 0.200. The quantitative estimate of drug-likeness (QED) is 0.435. The summed E-state index contributed by atoms with van der Waals surface area (Å²) in [6.07, 6.45) is -0.313. The first-order chi connectivity index (χ1) is 11.0. The van der Waals surface area contributed by atoms with E-state index >= 15 is 0 Å². The molecule has 1 amide bonds. The van der Waals surface area contributed by atoms with E-state index in [1.165, 1.54) is 0 Å². The largest absolute Gasteiger partial charge is 0.444 e. The molecule has 0 radical (unpaired) electrons. The van der Waals surface area contributed by atoms with E-state index in [9.17, 15) is 21.6 Å². The van der Waals surface area contributed by atoms with Gasteiger partial charge < -0.3 is 10.1 Å². The predicted octanol–water partition coefficient (Wildman–Crippen LogP) is 1.20. The molecular formula is C14H29NO8S2. The minimum Gasteiger partial charge on any atom is -0.444 e. The van der Waals surface area contributed by atoms with Gasteiger partial charge in [0.2, 0.25) is 0 Å². The van der Waals surface area contributed by atoms with Crippen molar-refractivity contribution >= 4 is 27.2 Å². The standard InChI is InChI=1S/C14H29NO8S2/c1-10(23-24(17)18)14(5,6)8-11(9-21-25(7,19)20)15-12(16)22-13(2,3)4/h10-11,24H,8-9H2,1-7H3,(H,15,16)/t10?,11-/m0/s1. The highest BCUT2D eigenvalue weighted by Crippen LogP contribution is 2.29. The first-order valence-electron chi connectivity index (χ1n) is 7.67. The molecule has 0 aliphatic carbocycles. The number of hydrogen-bond acceptors (Lipinski definition) is 8. The molecule has 0 bridgehead atoms. The second-order valence-corrected chi connectivity index (χ2v) is 9.80. The molecule has 1 N–H and O–H groups in total. The summed E-state index contributed by atoms with van der Waals surface area (Å²) in [6.45, 7) is 9.82. The predicted molar refractivity (Wildman–Crippen MR) is 93.2 cm³/mol. The summed E-state index contributed by atoms with van der Waals surface area (Å²) >= 11 is 0. The summed E-state index contributed by atoms with van der Waals surface area (Å²) in [5, 5.41) is 2.55. The molecule has 0 fully saturated rings. The number of carbonyl (C=O) groups excluding carboxylic acids is 1. The van der Waals surface area contributed by atoms with Gasteiger partial charge in [-0.15, -0.1) is 0 Å². The highest BCUT2D eigenvalue weighted by Gasteiger charge is 2.33. The fourth-order valence-electron chi connectivity index (χ4n) is 1.90. The van der Waals surface area contributed by atoms with E-state index in [4.69, 9.17) is 13.1 Å². The van der Waals surface area contributed by atoms with Crippen LogP contribution in [0.5, 0.6) is 0 Å². The Bertz CT molecular complexity index is 611. The van der Waals surface area contributed by atoms with Gasteiger partial charge in [-0.25, -0.2) is 13.2 Å². The van der Waals surface area contributed by atoms with Gasteiger partial charge in [0.25, 0.3) is 21.1 Å². The van der Waals surface area contributed by atoms with E-state index in [-0.39, 0.29) is 13.0 Å². The first kappa shape index (κ1) is 24.1. The van der Waals surface area contributed by atoms with E-state index < -0.39 is 50.4 Å². The van der Waals surface area contributed by atoms with Crippen LogP contribution in [-0.2, 0) is 34.2 Å². The second kappa shape index (κ2) is 9.15. The Hall–Kier alpha value is -0.910. The summed E-state index contributed by atoms with van der Waals surface area (Å²) < 4.78 is 58.7. The van der Waals surface area contributed by atoms with Crippen LogP contribution in [0.4, 0.5) is 4.79 Å². The summed E-state index contributed by atoms with van der Waals surface area (Å²) in [6, 6.07) is -0.727. The van der Waals surface area contributed by atoms with Crippen molar-refractivity contribution in [1.29, 1.82) is 0 Å². The molecule has 2 atom stereocenters. The second-order valence-electron chi connectivity index (χ2n) is 7.50. The molecule has 0 spiro atoms. The monoisotopic (exact) mass is 403 g/mol. The molecule has 1 unspecified atom stereocenters. The van der Waals surface area contributed by atoms with Crippen molar-refractivity contribution in [2.75, 3.05) is 12.9 Å². The molecule has 0 aromatic heterocycles. The van der Waals surface area contributed by atoms with Gasteiger partial charge in [0.1, 0.15) is 5.60 Å². The lowest BCUT2D eigenvalue weighted by atomic mass is 9.81. The van der Waals surface area contributed by atoms with Crippen LogP contribution in [-0.4, -0.2) is 53.5 Å². The molecule has 25 heavy (non-hydrogen) atoms. The Labute approximate surface area is 151 Å². The fourth-order valence-corrected chi connectivity index (χ4v) is 2.86. The molecular weight excluding hydrogens is 374 g/mol. The maximum atomic E-state index is 12.0. The zero-order valence-corrected chi connectivity index (χ0v) is 17.4. The molecule has 0 aromatic carbocycles. The molecule has 0 aliphatic heterocycles. The van der Waals surface area contributed by atoms with Gasteiger partial charge in [0.15, 0.2) is 0 Å². The third-order valence-electron chi connectivity index (χ3n) is 3.32. The highest BCUT2D eigenvalue weighted by atomic mass is 32.2. The van der Waals surface area contributed by atoms with Crippen molar-refractivity contribution in [3.8, 4) is 0 Å². The van der Waals surface area contributed by atoms with Crippen molar-refractivity contribution in [3.63, 3.8) is 0 Å². The van der Waals surface area contributed by atoms with E-state index in [2.05, 4.69) is 5.32 Å². The van der Waals surface area contributed by atoms with Crippen molar-refractivity contribution in [3.05, 3.63) is 0 Å². The summed E-state index contributed by atoms with van der Waals surface area (Å²) in [4.78, 5) is 12.0. The average molecular weight is 404 g/mol. The lowest BCUT2D eigenvalue weighted by Crippen LogP contribution is -2.46. The van der Waals surface area contributed by atoms with Gasteiger partial charge in [-0.1, -0.05) is 13.8 Å². The minimum atomic E-state index is -3.71. The summed E-state index contributed by atoms with van der Waals surface area (Å²) in [5.74, 6) is 0. The van der Waals surface area contributed by atoms with Crippen LogP contribution >= 0.6 is 0 Å². The molecule has 0 saturated carbocycles. The van der Waals surface area contributed by atoms with Crippen molar-refractivity contribution in [2.24, 2.45) is 5.41 Å². The Morgan fingerprint density at radius 3 is 2.08 bits per heavy atom. The van der Waals surface area contributed by atoms with Crippen molar-refractivity contribution < 1.29 is 34.7 Å². The molecule has 9 nitrogen and oxygen atoms in total. The Balaban J connectivity index is 5.14. The topological polar surface area (TPSA) is 125 Å². The average Bonchev–Trinajstić information content (AvgIpc) is 2.31. The molecule has 150 valence electrons. The summed E-state index contributed by atoms with van der Waals surface area (Å²) in [5.41, 5.74) is -1.42. The third-order valence-corrected chi connectivity index (χ3v) is 4.37. The van der Waals surface area contributed by atoms with Gasteiger partial charge in [0.05, 0.1) is 25.0 Å². The van der Waals surface area contributed by atoms with Gasteiger partial charge in [-0.2, -0.15) is 8.42 Å². The van der Waals surface area contributed by atoms with Crippen molar-refractivity contribution in [2.45, 2.75) is 65.7 Å². The molecule has 11 heteroatoms. The Kier molecular flexibility index (Phi) is 8.82. The van der Waals surface area contributed by atoms with E-state index in [0.29, 0.717) is 0 Å². The Morgan fingerprint density at radius 2 is 1.68 bits per heavy atom. The van der Waals surface area contributed by atoms with Crippen LogP contribution in [0.2, 0.25) is 0 Å². The normalized spacial score (nSPS) is 15.7.